The van der Waals surface area contributed by atoms with Gasteiger partial charge in [-0.3, -0.25) is 9.59 Å². The lowest BCUT2D eigenvalue weighted by Gasteiger charge is -2.36. The zero-order valence-electron chi connectivity index (χ0n) is 18.4. The third kappa shape index (κ3) is 4.51. The van der Waals surface area contributed by atoms with Gasteiger partial charge < -0.3 is 19.9 Å². The molecule has 2 aliphatic rings. The number of likely N-dealkylation sites (tertiary alicyclic amines) is 1. The number of hydrogen-bond donors (Lipinski definition) is 1. The number of fused-ring (bicyclic) bond motifs is 1. The van der Waals surface area contributed by atoms with Crippen LogP contribution in [-0.2, 0) is 22.6 Å². The fourth-order valence-corrected chi connectivity index (χ4v) is 4.34. The van der Waals surface area contributed by atoms with Crippen molar-refractivity contribution in [3.63, 3.8) is 0 Å². The van der Waals surface area contributed by atoms with Crippen molar-refractivity contribution in [3.05, 3.63) is 47.2 Å². The second-order valence-corrected chi connectivity index (χ2v) is 8.11. The number of carbonyl (C=O) groups is 2. The van der Waals surface area contributed by atoms with E-state index in [0.717, 1.165) is 30.5 Å². The minimum atomic E-state index is -0.494. The van der Waals surface area contributed by atoms with E-state index in [2.05, 4.69) is 5.32 Å². The van der Waals surface area contributed by atoms with Crippen LogP contribution in [0.15, 0.2) is 24.3 Å². The van der Waals surface area contributed by atoms with Gasteiger partial charge in [-0.2, -0.15) is 0 Å². The second kappa shape index (κ2) is 9.50. The Kier molecular flexibility index (Phi) is 6.53. The number of aromatic nitrogens is 2. The van der Waals surface area contributed by atoms with Gasteiger partial charge in [0.1, 0.15) is 5.82 Å². The van der Waals surface area contributed by atoms with Gasteiger partial charge in [0.15, 0.2) is 24.0 Å². The first-order valence-corrected chi connectivity index (χ1v) is 11.0. The summed E-state index contributed by atoms with van der Waals surface area (Å²) in [4.78, 5) is 37.9. The number of nitrogens with zero attached hydrogens (tertiary/aromatic N) is 4. The van der Waals surface area contributed by atoms with Crippen LogP contribution in [0, 0.1) is 5.82 Å². The van der Waals surface area contributed by atoms with Gasteiger partial charge in [0.25, 0.3) is 5.91 Å². The average Bonchev–Trinajstić information content (AvgIpc) is 2.82. The molecule has 0 unspecified atom stereocenters. The molecule has 170 valence electrons. The average molecular weight is 442 g/mol. The molecule has 2 amide bonds. The van der Waals surface area contributed by atoms with Crippen LogP contribution in [0.5, 0.6) is 5.75 Å². The molecule has 0 aliphatic carbocycles. The Bertz CT molecular complexity index is 998. The third-order valence-electron chi connectivity index (χ3n) is 6.07. The third-order valence-corrected chi connectivity index (χ3v) is 6.07. The number of halogens is 1. The highest BCUT2D eigenvalue weighted by molar-refractivity contribution is 5.78. The van der Waals surface area contributed by atoms with Gasteiger partial charge in [0.2, 0.25) is 5.91 Å². The van der Waals surface area contributed by atoms with E-state index < -0.39 is 5.82 Å². The van der Waals surface area contributed by atoms with E-state index >= 15 is 0 Å². The Morgan fingerprint density at radius 2 is 2.03 bits per heavy atom. The minimum Gasteiger partial charge on any atom is -0.481 e. The molecular weight excluding hydrogens is 413 g/mol. The highest BCUT2D eigenvalue weighted by Crippen LogP contribution is 2.32. The fraction of sp³-hybridized carbons (Fsp3) is 0.478. The molecular formula is C23H28FN5O3. The van der Waals surface area contributed by atoms with Crippen molar-refractivity contribution in [2.75, 3.05) is 32.1 Å². The van der Waals surface area contributed by atoms with E-state index in [0.29, 0.717) is 37.7 Å². The number of amides is 2. The van der Waals surface area contributed by atoms with Crippen molar-refractivity contribution < 1.29 is 18.7 Å². The Labute approximate surface area is 186 Å². The molecule has 2 aromatic rings. The number of anilines is 1. The monoisotopic (exact) mass is 441 g/mol. The summed E-state index contributed by atoms with van der Waals surface area (Å²) in [6.07, 6.45) is 3.26. The second-order valence-electron chi connectivity index (χ2n) is 8.11. The number of para-hydroxylation sites is 1. The van der Waals surface area contributed by atoms with Crippen molar-refractivity contribution in [2.45, 2.75) is 45.2 Å². The Balaban J connectivity index is 1.55. The van der Waals surface area contributed by atoms with Crippen LogP contribution < -0.4 is 10.1 Å². The molecule has 0 radical (unpaired) electrons. The number of nitrogens with one attached hydrogen (secondary N) is 1. The zero-order chi connectivity index (χ0) is 22.7. The SMILES string of the molecule is CNc1nc([C@H]2CCCCN2C(=O)COc2ccccc2F)nc2c1CN(C(C)=O)CC2. The number of benzene rings is 1. The van der Waals surface area contributed by atoms with E-state index in [1.54, 1.807) is 35.9 Å². The normalized spacial score (nSPS) is 18.2. The molecule has 1 saturated heterocycles. The number of ether oxygens (including phenoxy) is 1. The quantitative estimate of drug-likeness (QED) is 0.768. The van der Waals surface area contributed by atoms with E-state index in [9.17, 15) is 14.0 Å². The summed E-state index contributed by atoms with van der Waals surface area (Å²) in [7, 11) is 1.80. The lowest BCUT2D eigenvalue weighted by Crippen LogP contribution is -2.42. The molecule has 32 heavy (non-hydrogen) atoms. The van der Waals surface area contributed by atoms with E-state index in [4.69, 9.17) is 14.7 Å². The van der Waals surface area contributed by atoms with Crippen molar-refractivity contribution in [1.82, 2.24) is 19.8 Å². The number of carbonyl (C=O) groups excluding carboxylic acids is 2. The number of hydrogen-bond acceptors (Lipinski definition) is 6. The van der Waals surface area contributed by atoms with E-state index in [1.165, 1.54) is 12.1 Å². The minimum absolute atomic E-state index is 0.0284. The molecule has 3 heterocycles. The summed E-state index contributed by atoms with van der Waals surface area (Å²) in [5.74, 6) is 0.673. The summed E-state index contributed by atoms with van der Waals surface area (Å²) in [6, 6.07) is 5.79. The van der Waals surface area contributed by atoms with Gasteiger partial charge in [-0.25, -0.2) is 14.4 Å². The molecule has 2 aliphatic heterocycles. The Hall–Kier alpha value is -3.23. The van der Waals surface area contributed by atoms with Gasteiger partial charge in [-0.15, -0.1) is 0 Å². The van der Waals surface area contributed by atoms with Gasteiger partial charge in [0, 0.05) is 39.0 Å². The van der Waals surface area contributed by atoms with Gasteiger partial charge in [-0.1, -0.05) is 12.1 Å². The van der Waals surface area contributed by atoms with Crippen molar-refractivity contribution in [1.29, 1.82) is 0 Å². The summed E-state index contributed by atoms with van der Waals surface area (Å²) in [6.45, 7) is 3.00. The topological polar surface area (TPSA) is 87.7 Å². The molecule has 1 fully saturated rings. The first-order valence-electron chi connectivity index (χ1n) is 11.0. The molecule has 8 nitrogen and oxygen atoms in total. The molecule has 9 heteroatoms. The maximum absolute atomic E-state index is 13.8. The van der Waals surface area contributed by atoms with Gasteiger partial charge >= 0.3 is 0 Å². The van der Waals surface area contributed by atoms with Crippen LogP contribution in [0.2, 0.25) is 0 Å². The van der Waals surface area contributed by atoms with Crippen LogP contribution >= 0.6 is 0 Å². The molecule has 0 bridgehead atoms. The first kappa shape index (κ1) is 22.0. The lowest BCUT2D eigenvalue weighted by molar-refractivity contribution is -0.137. The van der Waals surface area contributed by atoms with Crippen LogP contribution in [0.4, 0.5) is 10.2 Å². The smallest absolute Gasteiger partial charge is 0.261 e. The highest BCUT2D eigenvalue weighted by atomic mass is 19.1. The van der Waals surface area contributed by atoms with Crippen molar-refractivity contribution in [3.8, 4) is 5.75 Å². The fourth-order valence-electron chi connectivity index (χ4n) is 4.34. The molecule has 0 spiro atoms. The zero-order valence-corrected chi connectivity index (χ0v) is 18.4. The van der Waals surface area contributed by atoms with Crippen molar-refractivity contribution in [2.24, 2.45) is 0 Å². The Morgan fingerprint density at radius 1 is 1.22 bits per heavy atom. The van der Waals surface area contributed by atoms with Crippen LogP contribution in [0.3, 0.4) is 0 Å². The summed E-state index contributed by atoms with van der Waals surface area (Å²) >= 11 is 0. The predicted octanol–water partition coefficient (Wildman–Crippen LogP) is 2.69. The van der Waals surface area contributed by atoms with Crippen LogP contribution in [0.25, 0.3) is 0 Å². The molecule has 0 saturated carbocycles. The largest absolute Gasteiger partial charge is 0.481 e. The molecule has 1 aromatic heterocycles. The highest BCUT2D eigenvalue weighted by Gasteiger charge is 2.32. The first-order chi connectivity index (χ1) is 15.5. The number of rotatable bonds is 5. The van der Waals surface area contributed by atoms with Gasteiger partial charge in [-0.05, 0) is 31.4 Å². The van der Waals surface area contributed by atoms with E-state index in [1.807, 2.05) is 0 Å². The summed E-state index contributed by atoms with van der Waals surface area (Å²) < 4.78 is 19.3. The van der Waals surface area contributed by atoms with Crippen molar-refractivity contribution >= 4 is 17.6 Å². The molecule has 1 atom stereocenters. The van der Waals surface area contributed by atoms with Crippen LogP contribution in [0.1, 0.15) is 49.3 Å². The molecule has 1 N–H and O–H groups in total. The van der Waals surface area contributed by atoms with Crippen LogP contribution in [-0.4, -0.2) is 58.3 Å². The van der Waals surface area contributed by atoms with E-state index in [-0.39, 0.29) is 30.2 Å². The van der Waals surface area contributed by atoms with Gasteiger partial charge in [0.05, 0.1) is 18.3 Å². The lowest BCUT2D eigenvalue weighted by atomic mass is 10.00. The summed E-state index contributed by atoms with van der Waals surface area (Å²) in [5.41, 5.74) is 1.84. The maximum Gasteiger partial charge on any atom is 0.261 e. The predicted molar refractivity (Wildman–Crippen MR) is 117 cm³/mol. The molecule has 1 aromatic carbocycles. The molecule has 4 rings (SSSR count). The standard InChI is InChI=1S/C23H28FN5O3/c1-15(30)28-12-10-18-16(13-28)22(25-2)27-23(26-18)19-8-5-6-11-29(19)21(31)14-32-20-9-4-3-7-17(20)24/h3-4,7,9,19H,5-6,8,10-14H2,1-2H3,(H,25,26,27)/t19-/m1/s1. The maximum atomic E-state index is 13.8. The Morgan fingerprint density at radius 3 is 2.78 bits per heavy atom. The summed E-state index contributed by atoms with van der Waals surface area (Å²) in [5, 5.41) is 3.13. The number of piperidine rings is 1.